The Labute approximate surface area is 212 Å². The Hall–Kier alpha value is -3.21. The highest BCUT2D eigenvalue weighted by Gasteiger charge is 2.43. The molecule has 5 heteroatoms. The van der Waals surface area contributed by atoms with E-state index in [4.69, 9.17) is 4.52 Å². The van der Waals surface area contributed by atoms with Crippen LogP contribution >= 0.6 is 0 Å². The zero-order chi connectivity index (χ0) is 25.1. The smallest absolute Gasteiger partial charge is 0.244 e. The molecule has 2 aliphatic carbocycles. The molecule has 2 fully saturated rings. The van der Waals surface area contributed by atoms with Gasteiger partial charge in [0.1, 0.15) is 5.82 Å². The van der Waals surface area contributed by atoms with Crippen molar-refractivity contribution in [3.8, 4) is 0 Å². The minimum atomic E-state index is -0.289. The lowest BCUT2D eigenvalue weighted by Gasteiger charge is -2.22. The first kappa shape index (κ1) is 24.5. The number of hydrogen-bond acceptors (Lipinski definition) is 3. The summed E-state index contributed by atoms with van der Waals surface area (Å²) in [5.41, 5.74) is 3.83. The molecule has 2 aromatic carbocycles. The van der Waals surface area contributed by atoms with Crippen LogP contribution in [-0.4, -0.2) is 17.6 Å². The normalized spacial score (nSPS) is 25.1. The monoisotopic (exact) mass is 486 g/mol. The van der Waals surface area contributed by atoms with Gasteiger partial charge in [-0.25, -0.2) is 4.39 Å². The van der Waals surface area contributed by atoms with E-state index >= 15 is 0 Å². The second-order valence-corrected chi connectivity index (χ2v) is 10.7. The van der Waals surface area contributed by atoms with Gasteiger partial charge in [-0.15, -0.1) is 0 Å². The predicted molar refractivity (Wildman–Crippen MR) is 142 cm³/mol. The number of aromatic nitrogens is 1. The largest absolute Gasteiger partial charge is 0.356 e. The SMILES string of the molecule is C=C1C(CNC(=O)C=Cc2ccccc2)C1CC(C)C1CCCC(c2noc3cc(F)ccc23)CC1. The number of nitrogens with zero attached hydrogens (tertiary/aromatic N) is 1. The molecule has 0 aliphatic heterocycles. The van der Waals surface area contributed by atoms with Gasteiger partial charge in [0.25, 0.3) is 0 Å². The standard InChI is InChI=1S/C31H35FN2O2/c1-20(17-27-21(2)28(27)19-33-30(35)16-11-22-7-4-3-5-8-22)23-9-6-10-24(13-12-23)31-26-15-14-25(32)18-29(26)36-34-31/h3-5,7-8,11,14-16,18,20,23-24,27-28H,2,6,9-10,12-13,17,19H2,1H3,(H,33,35). The molecule has 5 rings (SSSR count). The Balaban J connectivity index is 1.09. The van der Waals surface area contributed by atoms with Crippen molar-refractivity contribution in [3.05, 3.63) is 83.8 Å². The summed E-state index contributed by atoms with van der Waals surface area (Å²) in [5.74, 6) is 2.23. The number of benzene rings is 2. The number of halogens is 1. The first-order valence-electron chi connectivity index (χ1n) is 13.2. The van der Waals surface area contributed by atoms with Gasteiger partial charge in [-0.1, -0.05) is 67.4 Å². The quantitative estimate of drug-likeness (QED) is 0.207. The minimum Gasteiger partial charge on any atom is -0.356 e. The summed E-state index contributed by atoms with van der Waals surface area (Å²) in [6.45, 7) is 7.33. The van der Waals surface area contributed by atoms with Gasteiger partial charge >= 0.3 is 0 Å². The molecule has 1 heterocycles. The van der Waals surface area contributed by atoms with Crippen molar-refractivity contribution in [3.63, 3.8) is 0 Å². The van der Waals surface area contributed by atoms with E-state index in [9.17, 15) is 9.18 Å². The van der Waals surface area contributed by atoms with Crippen LogP contribution in [0.4, 0.5) is 4.39 Å². The van der Waals surface area contributed by atoms with Gasteiger partial charge in [0, 0.05) is 35.9 Å². The van der Waals surface area contributed by atoms with Crippen LogP contribution in [0.1, 0.15) is 62.6 Å². The van der Waals surface area contributed by atoms with E-state index in [0.29, 0.717) is 41.7 Å². The molecule has 1 aromatic heterocycles. The van der Waals surface area contributed by atoms with Crippen molar-refractivity contribution >= 4 is 23.0 Å². The lowest BCUT2D eigenvalue weighted by Crippen LogP contribution is -2.24. The second-order valence-electron chi connectivity index (χ2n) is 10.7. The van der Waals surface area contributed by atoms with Gasteiger partial charge < -0.3 is 9.84 Å². The maximum absolute atomic E-state index is 13.5. The van der Waals surface area contributed by atoms with Crippen molar-refractivity contribution in [1.82, 2.24) is 10.5 Å². The van der Waals surface area contributed by atoms with Crippen LogP contribution in [-0.2, 0) is 4.79 Å². The maximum atomic E-state index is 13.5. The van der Waals surface area contributed by atoms with Crippen LogP contribution < -0.4 is 5.32 Å². The summed E-state index contributed by atoms with van der Waals surface area (Å²) >= 11 is 0. The molecular weight excluding hydrogens is 451 g/mol. The molecule has 5 unspecified atom stereocenters. The molecule has 0 bridgehead atoms. The van der Waals surface area contributed by atoms with Crippen molar-refractivity contribution in [2.75, 3.05) is 6.54 Å². The Bertz CT molecular complexity index is 1250. The van der Waals surface area contributed by atoms with Crippen molar-refractivity contribution in [1.29, 1.82) is 0 Å². The first-order chi connectivity index (χ1) is 17.5. The fraction of sp³-hybridized carbons (Fsp3) is 0.419. The summed E-state index contributed by atoms with van der Waals surface area (Å²) < 4.78 is 19.0. The van der Waals surface area contributed by atoms with E-state index in [2.05, 4.69) is 24.0 Å². The summed E-state index contributed by atoms with van der Waals surface area (Å²) in [6.07, 6.45) is 10.4. The van der Waals surface area contributed by atoms with Crippen LogP contribution in [0.5, 0.6) is 0 Å². The predicted octanol–water partition coefficient (Wildman–Crippen LogP) is 7.29. The van der Waals surface area contributed by atoms with Gasteiger partial charge in [-0.2, -0.15) is 0 Å². The second kappa shape index (κ2) is 10.8. The summed E-state index contributed by atoms with van der Waals surface area (Å²) in [5, 5.41) is 8.32. The molecule has 36 heavy (non-hydrogen) atoms. The number of nitrogens with one attached hydrogen (secondary N) is 1. The third-order valence-corrected chi connectivity index (χ3v) is 8.34. The summed E-state index contributed by atoms with van der Waals surface area (Å²) in [4.78, 5) is 12.2. The van der Waals surface area contributed by atoms with Crippen LogP contribution in [0.3, 0.4) is 0 Å². The molecule has 2 saturated carbocycles. The highest BCUT2D eigenvalue weighted by Crippen LogP contribution is 2.50. The van der Waals surface area contributed by atoms with Crippen molar-refractivity contribution in [2.45, 2.75) is 51.4 Å². The lowest BCUT2D eigenvalue weighted by molar-refractivity contribution is -0.116. The van der Waals surface area contributed by atoms with Crippen molar-refractivity contribution in [2.24, 2.45) is 23.7 Å². The highest BCUT2D eigenvalue weighted by atomic mass is 19.1. The third-order valence-electron chi connectivity index (χ3n) is 8.34. The van der Waals surface area contributed by atoms with E-state index < -0.39 is 0 Å². The third kappa shape index (κ3) is 5.61. The Kier molecular flexibility index (Phi) is 7.35. The Morgan fingerprint density at radius 2 is 2.00 bits per heavy atom. The fourth-order valence-corrected chi connectivity index (χ4v) is 6.03. The van der Waals surface area contributed by atoms with Crippen molar-refractivity contribution < 1.29 is 13.7 Å². The molecule has 5 atom stereocenters. The molecular formula is C31H35FN2O2. The number of rotatable bonds is 8. The zero-order valence-corrected chi connectivity index (χ0v) is 21.0. The molecule has 0 spiro atoms. The highest BCUT2D eigenvalue weighted by molar-refractivity contribution is 5.91. The van der Waals surface area contributed by atoms with Gasteiger partial charge in [0.2, 0.25) is 5.91 Å². The van der Waals surface area contributed by atoms with Crippen LogP contribution in [0.25, 0.3) is 17.0 Å². The Morgan fingerprint density at radius 1 is 1.17 bits per heavy atom. The number of amides is 1. The summed E-state index contributed by atoms with van der Waals surface area (Å²) in [6, 6.07) is 14.6. The van der Waals surface area contributed by atoms with Crippen LogP contribution in [0, 0.1) is 29.5 Å². The van der Waals surface area contributed by atoms with E-state index in [1.165, 1.54) is 37.0 Å². The van der Waals surface area contributed by atoms with E-state index in [-0.39, 0.29) is 11.7 Å². The zero-order valence-electron chi connectivity index (χ0n) is 21.0. The number of carbonyl (C=O) groups is 1. The first-order valence-corrected chi connectivity index (χ1v) is 13.2. The molecule has 1 amide bonds. The Morgan fingerprint density at radius 3 is 2.83 bits per heavy atom. The summed E-state index contributed by atoms with van der Waals surface area (Å²) in [7, 11) is 0. The molecule has 3 aromatic rings. The van der Waals surface area contributed by atoms with Crippen LogP contribution in [0.2, 0.25) is 0 Å². The molecule has 2 aliphatic rings. The van der Waals surface area contributed by atoms with Gasteiger partial charge in [-0.05, 0) is 67.2 Å². The average Bonchev–Trinajstić information content (AvgIpc) is 3.41. The average molecular weight is 487 g/mol. The van der Waals surface area contributed by atoms with Gasteiger partial charge in [-0.3, -0.25) is 4.79 Å². The molecule has 0 saturated heterocycles. The molecule has 4 nitrogen and oxygen atoms in total. The molecule has 188 valence electrons. The van der Waals surface area contributed by atoms with E-state index in [0.717, 1.165) is 35.9 Å². The topological polar surface area (TPSA) is 55.1 Å². The van der Waals surface area contributed by atoms with E-state index in [1.807, 2.05) is 36.4 Å². The molecule has 1 N–H and O–H groups in total. The maximum Gasteiger partial charge on any atom is 0.244 e. The van der Waals surface area contributed by atoms with Gasteiger partial charge in [0.15, 0.2) is 5.58 Å². The fourth-order valence-electron chi connectivity index (χ4n) is 6.03. The lowest BCUT2D eigenvalue weighted by atomic mass is 9.83. The minimum absolute atomic E-state index is 0.0525. The number of fused-ring (bicyclic) bond motifs is 1. The van der Waals surface area contributed by atoms with E-state index in [1.54, 1.807) is 12.1 Å². The van der Waals surface area contributed by atoms with Crippen LogP contribution in [0.15, 0.2) is 71.3 Å². The van der Waals surface area contributed by atoms with Gasteiger partial charge in [0.05, 0.1) is 5.69 Å². The number of carbonyl (C=O) groups excluding carboxylic acids is 1. The number of hydrogen-bond donors (Lipinski definition) is 1. The molecule has 0 radical (unpaired) electrons.